The van der Waals surface area contributed by atoms with E-state index in [4.69, 9.17) is 23.3 Å². The number of carbonyl (C=O) groups excluding carboxylic acids is 2. The van der Waals surface area contributed by atoms with Crippen molar-refractivity contribution in [3.63, 3.8) is 0 Å². The molecule has 6 rings (SSSR count). The lowest BCUT2D eigenvalue weighted by molar-refractivity contribution is -0.117. The first-order chi connectivity index (χ1) is 16.2. The number of amides is 1. The van der Waals surface area contributed by atoms with E-state index in [1.165, 1.54) is 18.2 Å². The lowest BCUT2D eigenvalue weighted by atomic mass is 9.70. The standard InChI is InChI=1S/C21H18NO11P/c23-14-12-9(6-10-16(14)30-7-29-10)11-13(22-20(12)25)18-19(33-34(27,28)32-18)15(24)17(11)31-21(26)8-4-2-1-3-5-8/h1-6,11,13,15,17-19,23-24H,7H2,(H,22,25)(H,27,28)/t11-,13-,15+,17-,18+,19-/m1/s1. The number of esters is 1. The Bertz CT molecular complexity index is 1250. The highest BCUT2D eigenvalue weighted by molar-refractivity contribution is 7.47. The summed E-state index contributed by atoms with van der Waals surface area (Å²) in [5.41, 5.74) is 0.253. The second-order valence-corrected chi connectivity index (χ2v) is 9.64. The minimum Gasteiger partial charge on any atom is -0.504 e. The summed E-state index contributed by atoms with van der Waals surface area (Å²) in [5, 5.41) is 24.5. The Morgan fingerprint density at radius 1 is 1.15 bits per heavy atom. The molecule has 178 valence electrons. The minimum absolute atomic E-state index is 0.0141. The van der Waals surface area contributed by atoms with Crippen molar-refractivity contribution in [3.8, 4) is 17.2 Å². The van der Waals surface area contributed by atoms with Crippen LogP contribution in [0.15, 0.2) is 36.4 Å². The third-order valence-electron chi connectivity index (χ3n) is 6.41. The molecule has 2 fully saturated rings. The van der Waals surface area contributed by atoms with E-state index in [9.17, 15) is 29.3 Å². The van der Waals surface area contributed by atoms with Gasteiger partial charge in [0.1, 0.15) is 24.4 Å². The van der Waals surface area contributed by atoms with Crippen molar-refractivity contribution >= 4 is 19.7 Å². The van der Waals surface area contributed by atoms with Gasteiger partial charge in [0.05, 0.1) is 17.2 Å². The molecule has 0 radical (unpaired) electrons. The molecule has 3 aliphatic heterocycles. The van der Waals surface area contributed by atoms with Crippen LogP contribution in [0.25, 0.3) is 0 Å². The van der Waals surface area contributed by atoms with Crippen LogP contribution in [0.1, 0.15) is 32.2 Å². The van der Waals surface area contributed by atoms with Crippen molar-refractivity contribution in [1.29, 1.82) is 0 Å². The zero-order valence-corrected chi connectivity index (χ0v) is 18.1. The quantitative estimate of drug-likeness (QED) is 0.346. The number of phenolic OH excluding ortho intramolecular Hbond substituents is 1. The van der Waals surface area contributed by atoms with Crippen molar-refractivity contribution < 1.29 is 52.5 Å². The van der Waals surface area contributed by atoms with Crippen LogP contribution in [-0.2, 0) is 18.3 Å². The Morgan fingerprint density at radius 2 is 1.88 bits per heavy atom. The number of rotatable bonds is 2. The van der Waals surface area contributed by atoms with E-state index < -0.39 is 61.8 Å². The van der Waals surface area contributed by atoms with E-state index >= 15 is 0 Å². The molecule has 1 saturated carbocycles. The fraction of sp³-hybridized carbons (Fsp3) is 0.333. The molecule has 0 aromatic heterocycles. The molecular weight excluding hydrogens is 473 g/mol. The highest BCUT2D eigenvalue weighted by Gasteiger charge is 2.63. The summed E-state index contributed by atoms with van der Waals surface area (Å²) in [6.45, 7) is -0.175. The fourth-order valence-corrected chi connectivity index (χ4v) is 6.17. The molecule has 4 aliphatic rings. The molecule has 1 unspecified atom stereocenters. The van der Waals surface area contributed by atoms with Gasteiger partial charge in [0.2, 0.25) is 12.5 Å². The van der Waals surface area contributed by atoms with Crippen LogP contribution in [0.5, 0.6) is 17.2 Å². The number of phosphoric ester groups is 1. The van der Waals surface area contributed by atoms with E-state index in [2.05, 4.69) is 5.32 Å². The number of hydrogen-bond donors (Lipinski definition) is 4. The number of benzene rings is 2. The number of phosphoric acid groups is 1. The van der Waals surface area contributed by atoms with Gasteiger partial charge in [-0.2, -0.15) is 0 Å². The number of aliphatic hydroxyl groups is 1. The first-order valence-corrected chi connectivity index (χ1v) is 11.8. The Morgan fingerprint density at radius 3 is 2.65 bits per heavy atom. The van der Waals surface area contributed by atoms with Gasteiger partial charge in [-0.3, -0.25) is 13.8 Å². The monoisotopic (exact) mass is 491 g/mol. The number of phenols is 1. The van der Waals surface area contributed by atoms with Crippen LogP contribution in [0, 0.1) is 0 Å². The molecule has 1 amide bonds. The highest BCUT2D eigenvalue weighted by atomic mass is 31.2. The van der Waals surface area contributed by atoms with Crippen molar-refractivity contribution in [3.05, 3.63) is 53.1 Å². The number of aliphatic hydroxyl groups excluding tert-OH is 1. The molecule has 13 heteroatoms. The van der Waals surface area contributed by atoms with Gasteiger partial charge in [-0.25, -0.2) is 9.36 Å². The molecule has 4 N–H and O–H groups in total. The smallest absolute Gasteiger partial charge is 0.473 e. The molecule has 0 bridgehead atoms. The molecule has 3 heterocycles. The molecule has 0 spiro atoms. The highest BCUT2D eigenvalue weighted by Crippen LogP contribution is 2.59. The molecule has 7 atom stereocenters. The molecule has 34 heavy (non-hydrogen) atoms. The zero-order chi connectivity index (χ0) is 23.8. The summed E-state index contributed by atoms with van der Waals surface area (Å²) in [7, 11) is -4.54. The van der Waals surface area contributed by atoms with Crippen molar-refractivity contribution in [2.24, 2.45) is 0 Å². The first-order valence-electron chi connectivity index (χ1n) is 10.3. The maximum Gasteiger partial charge on any atom is 0.473 e. The van der Waals surface area contributed by atoms with Gasteiger partial charge >= 0.3 is 13.8 Å². The van der Waals surface area contributed by atoms with Gasteiger partial charge in [-0.1, -0.05) is 18.2 Å². The predicted octanol–water partition coefficient (Wildman–Crippen LogP) is 0.801. The van der Waals surface area contributed by atoms with Gasteiger partial charge in [0, 0.05) is 5.92 Å². The number of aromatic hydroxyl groups is 1. The van der Waals surface area contributed by atoms with Gasteiger partial charge in [-0.05, 0) is 23.8 Å². The van der Waals surface area contributed by atoms with E-state index in [0.29, 0.717) is 0 Å². The maximum absolute atomic E-state index is 13.0. The molecule has 1 aliphatic carbocycles. The summed E-state index contributed by atoms with van der Waals surface area (Å²) >= 11 is 0. The average molecular weight is 491 g/mol. The SMILES string of the molecule is O=C(O[C@H]1[C@H](O)[C@H]2OP(=O)(O)O[C@H]2[C@@H]2NC(=O)c3c(cc4c(c3O)OCO4)[C@H]21)c1ccccc1. The van der Waals surface area contributed by atoms with Gasteiger partial charge < -0.3 is 34.6 Å². The maximum atomic E-state index is 13.0. The van der Waals surface area contributed by atoms with Crippen molar-refractivity contribution in [2.75, 3.05) is 6.79 Å². The van der Waals surface area contributed by atoms with E-state index in [0.717, 1.165) is 0 Å². The zero-order valence-electron chi connectivity index (χ0n) is 17.2. The van der Waals surface area contributed by atoms with Crippen molar-refractivity contribution in [1.82, 2.24) is 5.32 Å². The lowest BCUT2D eigenvalue weighted by Gasteiger charge is -2.47. The molecular formula is C21H18NO11P. The van der Waals surface area contributed by atoms with Gasteiger partial charge in [0.25, 0.3) is 5.91 Å². The van der Waals surface area contributed by atoms with E-state index in [1.807, 2.05) is 0 Å². The Labute approximate surface area is 191 Å². The molecule has 2 aromatic carbocycles. The third-order valence-corrected chi connectivity index (χ3v) is 7.43. The number of carbonyl (C=O) groups is 2. The number of ether oxygens (including phenoxy) is 3. The summed E-state index contributed by atoms with van der Waals surface area (Å²) in [6.07, 6.45) is -5.54. The molecule has 1 saturated heterocycles. The topological polar surface area (TPSA) is 170 Å². The summed E-state index contributed by atoms with van der Waals surface area (Å²) < 4.78 is 38.7. The lowest BCUT2D eigenvalue weighted by Crippen LogP contribution is -2.66. The van der Waals surface area contributed by atoms with E-state index in [1.54, 1.807) is 18.2 Å². The molecule has 12 nitrogen and oxygen atoms in total. The van der Waals surface area contributed by atoms with Crippen molar-refractivity contribution in [2.45, 2.75) is 36.4 Å². The number of hydrogen-bond acceptors (Lipinski definition) is 10. The second-order valence-electron chi connectivity index (χ2n) is 8.28. The average Bonchev–Trinajstić information content (AvgIpc) is 3.41. The van der Waals surface area contributed by atoms with Gasteiger partial charge in [0.15, 0.2) is 11.5 Å². The Balaban J connectivity index is 1.48. The van der Waals surface area contributed by atoms with Crippen LogP contribution in [0.4, 0.5) is 0 Å². The van der Waals surface area contributed by atoms with Gasteiger partial charge in [-0.15, -0.1) is 0 Å². The summed E-state index contributed by atoms with van der Waals surface area (Å²) in [4.78, 5) is 35.8. The van der Waals surface area contributed by atoms with Crippen LogP contribution in [-0.4, -0.2) is 64.2 Å². The van der Waals surface area contributed by atoms with Crippen LogP contribution >= 0.6 is 7.82 Å². The summed E-state index contributed by atoms with van der Waals surface area (Å²) in [5.74, 6) is -2.79. The molecule has 2 aromatic rings. The predicted molar refractivity (Wildman–Crippen MR) is 109 cm³/mol. The Hall–Kier alpha value is -3.15. The van der Waals surface area contributed by atoms with Crippen LogP contribution < -0.4 is 14.8 Å². The fourth-order valence-electron chi connectivity index (χ4n) is 5.01. The van der Waals surface area contributed by atoms with E-state index in [-0.39, 0.29) is 35.0 Å². The first kappa shape index (κ1) is 21.4. The summed E-state index contributed by atoms with van der Waals surface area (Å²) in [6, 6.07) is 8.45. The largest absolute Gasteiger partial charge is 0.504 e. The number of fused-ring (bicyclic) bond motifs is 6. The normalized spacial score (nSPS) is 35.1. The van der Waals surface area contributed by atoms with Crippen LogP contribution in [0.2, 0.25) is 0 Å². The Kier molecular flexibility index (Phi) is 4.67. The third kappa shape index (κ3) is 3.11. The number of nitrogens with one attached hydrogen (secondary N) is 1. The second kappa shape index (κ2) is 7.42. The van der Waals surface area contributed by atoms with Crippen LogP contribution in [0.3, 0.4) is 0 Å². The minimum atomic E-state index is -4.54.